The van der Waals surface area contributed by atoms with Crippen molar-refractivity contribution in [1.82, 2.24) is 0 Å². The average Bonchev–Trinajstić information content (AvgIpc) is 2.94. The van der Waals surface area contributed by atoms with Crippen molar-refractivity contribution in [2.75, 3.05) is 19.5 Å². The van der Waals surface area contributed by atoms with Gasteiger partial charge in [-0.15, -0.1) is 0 Å². The normalized spacial score (nSPS) is 10.2. The first-order valence-electron chi connectivity index (χ1n) is 5.88. The van der Waals surface area contributed by atoms with Crippen molar-refractivity contribution >= 4 is 27.6 Å². The SMILES string of the molecule is COC(=O)c1ccc(CNc2cc(OC)ccc2Br)o1. The van der Waals surface area contributed by atoms with E-state index >= 15 is 0 Å². The molecule has 0 amide bonds. The largest absolute Gasteiger partial charge is 0.497 e. The summed E-state index contributed by atoms with van der Waals surface area (Å²) in [5.74, 6) is 1.10. The Morgan fingerprint density at radius 3 is 2.80 bits per heavy atom. The van der Waals surface area contributed by atoms with E-state index in [9.17, 15) is 4.79 Å². The fraction of sp³-hybridized carbons (Fsp3) is 0.214. The molecule has 6 heteroatoms. The van der Waals surface area contributed by atoms with Crippen molar-refractivity contribution < 1.29 is 18.7 Å². The van der Waals surface area contributed by atoms with Crippen LogP contribution in [0.3, 0.4) is 0 Å². The Morgan fingerprint density at radius 2 is 2.10 bits per heavy atom. The van der Waals surface area contributed by atoms with Gasteiger partial charge in [0.1, 0.15) is 11.5 Å². The Morgan fingerprint density at radius 1 is 1.30 bits per heavy atom. The molecule has 0 saturated heterocycles. The van der Waals surface area contributed by atoms with Crippen molar-refractivity contribution in [2.45, 2.75) is 6.54 Å². The van der Waals surface area contributed by atoms with Crippen LogP contribution in [0.25, 0.3) is 0 Å². The number of halogens is 1. The molecule has 0 aliphatic heterocycles. The fourth-order valence-electron chi connectivity index (χ4n) is 1.63. The van der Waals surface area contributed by atoms with E-state index in [2.05, 4.69) is 26.0 Å². The summed E-state index contributed by atoms with van der Waals surface area (Å²) in [5, 5.41) is 3.20. The van der Waals surface area contributed by atoms with Crippen molar-refractivity contribution in [3.8, 4) is 5.75 Å². The molecular formula is C14H14BrNO4. The maximum absolute atomic E-state index is 11.3. The molecule has 5 nitrogen and oxygen atoms in total. The summed E-state index contributed by atoms with van der Waals surface area (Å²) in [6.07, 6.45) is 0. The highest BCUT2D eigenvalue weighted by Crippen LogP contribution is 2.27. The third-order valence-corrected chi connectivity index (χ3v) is 3.37. The highest BCUT2D eigenvalue weighted by molar-refractivity contribution is 9.10. The lowest BCUT2D eigenvalue weighted by molar-refractivity contribution is 0.0563. The minimum Gasteiger partial charge on any atom is -0.497 e. The first-order valence-corrected chi connectivity index (χ1v) is 6.67. The molecule has 0 bridgehead atoms. The van der Waals surface area contributed by atoms with Gasteiger partial charge in [-0.25, -0.2) is 4.79 Å². The minimum absolute atomic E-state index is 0.189. The molecule has 1 aromatic carbocycles. The summed E-state index contributed by atoms with van der Waals surface area (Å²) in [6.45, 7) is 0.447. The number of carbonyl (C=O) groups is 1. The van der Waals surface area contributed by atoms with Crippen LogP contribution in [0.15, 0.2) is 39.2 Å². The van der Waals surface area contributed by atoms with Crippen molar-refractivity contribution in [1.29, 1.82) is 0 Å². The van der Waals surface area contributed by atoms with Crippen molar-refractivity contribution in [2.24, 2.45) is 0 Å². The quantitative estimate of drug-likeness (QED) is 0.845. The number of methoxy groups -OCH3 is 2. The molecule has 0 radical (unpaired) electrons. The molecule has 0 atom stereocenters. The Kier molecular flexibility index (Phi) is 4.68. The van der Waals surface area contributed by atoms with Crippen molar-refractivity contribution in [3.05, 3.63) is 46.3 Å². The second-order valence-corrected chi connectivity index (χ2v) is 4.81. The predicted octanol–water partition coefficient (Wildman–Crippen LogP) is 3.45. The number of hydrogen-bond donors (Lipinski definition) is 1. The van der Waals surface area contributed by atoms with Gasteiger partial charge in [0.2, 0.25) is 5.76 Å². The highest BCUT2D eigenvalue weighted by atomic mass is 79.9. The zero-order valence-corrected chi connectivity index (χ0v) is 12.7. The summed E-state index contributed by atoms with van der Waals surface area (Å²) < 4.78 is 16.0. The van der Waals surface area contributed by atoms with Gasteiger partial charge < -0.3 is 19.2 Å². The number of hydrogen-bond acceptors (Lipinski definition) is 5. The second-order valence-electron chi connectivity index (χ2n) is 3.96. The van der Waals surface area contributed by atoms with Gasteiger partial charge in [0.25, 0.3) is 0 Å². The summed E-state index contributed by atoms with van der Waals surface area (Å²) in [6, 6.07) is 8.94. The molecular weight excluding hydrogens is 326 g/mol. The lowest BCUT2D eigenvalue weighted by Gasteiger charge is -2.09. The summed E-state index contributed by atoms with van der Waals surface area (Å²) >= 11 is 3.45. The van der Waals surface area contributed by atoms with E-state index in [0.717, 1.165) is 15.9 Å². The van der Waals surface area contributed by atoms with Crippen LogP contribution in [-0.4, -0.2) is 20.2 Å². The minimum atomic E-state index is -0.487. The van der Waals surface area contributed by atoms with Gasteiger partial charge in [-0.05, 0) is 40.2 Å². The second kappa shape index (κ2) is 6.47. The number of nitrogens with one attached hydrogen (secondary N) is 1. The predicted molar refractivity (Wildman–Crippen MR) is 78.1 cm³/mol. The molecule has 20 heavy (non-hydrogen) atoms. The van der Waals surface area contributed by atoms with Gasteiger partial charge in [0.05, 0.1) is 26.5 Å². The molecule has 0 unspecified atom stereocenters. The molecule has 0 aliphatic rings. The number of anilines is 1. The number of esters is 1. The number of ether oxygens (including phenoxy) is 2. The van der Waals surface area contributed by atoms with Crippen LogP contribution in [0.5, 0.6) is 5.75 Å². The lowest BCUT2D eigenvalue weighted by Crippen LogP contribution is -2.00. The number of furan rings is 1. The van der Waals surface area contributed by atoms with Crippen LogP contribution in [-0.2, 0) is 11.3 Å². The monoisotopic (exact) mass is 339 g/mol. The first-order chi connectivity index (χ1) is 9.63. The number of carbonyl (C=O) groups excluding carboxylic acids is 1. The summed E-state index contributed by atoms with van der Waals surface area (Å²) in [4.78, 5) is 11.3. The van der Waals surface area contributed by atoms with E-state index in [-0.39, 0.29) is 5.76 Å². The Labute approximate surface area is 125 Å². The molecule has 0 spiro atoms. The Bertz CT molecular complexity index is 609. The zero-order chi connectivity index (χ0) is 14.5. The third-order valence-electron chi connectivity index (χ3n) is 2.67. The molecule has 2 rings (SSSR count). The average molecular weight is 340 g/mol. The van der Waals surface area contributed by atoms with Crippen LogP contribution in [0.4, 0.5) is 5.69 Å². The molecule has 1 N–H and O–H groups in total. The van der Waals surface area contributed by atoms with E-state index in [0.29, 0.717) is 12.3 Å². The molecule has 0 saturated carbocycles. The van der Waals surface area contributed by atoms with Gasteiger partial charge in [-0.3, -0.25) is 0 Å². The van der Waals surface area contributed by atoms with E-state index < -0.39 is 5.97 Å². The molecule has 0 aliphatic carbocycles. The number of benzene rings is 1. The van der Waals surface area contributed by atoms with Gasteiger partial charge >= 0.3 is 5.97 Å². The Hall–Kier alpha value is -1.95. The molecule has 106 valence electrons. The van der Waals surface area contributed by atoms with E-state index in [4.69, 9.17) is 9.15 Å². The number of rotatable bonds is 5. The van der Waals surface area contributed by atoms with Crippen LogP contribution < -0.4 is 10.1 Å². The van der Waals surface area contributed by atoms with E-state index in [1.165, 1.54) is 7.11 Å². The van der Waals surface area contributed by atoms with Crippen LogP contribution in [0.1, 0.15) is 16.3 Å². The summed E-state index contributed by atoms with van der Waals surface area (Å²) in [7, 11) is 2.93. The van der Waals surface area contributed by atoms with Gasteiger partial charge in [0.15, 0.2) is 0 Å². The van der Waals surface area contributed by atoms with Gasteiger partial charge in [-0.1, -0.05) is 0 Å². The molecule has 2 aromatic rings. The maximum Gasteiger partial charge on any atom is 0.373 e. The fourth-order valence-corrected chi connectivity index (χ4v) is 2.02. The van der Waals surface area contributed by atoms with Crippen LogP contribution >= 0.6 is 15.9 Å². The zero-order valence-electron chi connectivity index (χ0n) is 11.1. The lowest BCUT2D eigenvalue weighted by atomic mass is 10.3. The van der Waals surface area contributed by atoms with Crippen molar-refractivity contribution in [3.63, 3.8) is 0 Å². The third kappa shape index (κ3) is 3.33. The molecule has 1 heterocycles. The maximum atomic E-state index is 11.3. The first kappa shape index (κ1) is 14.5. The molecule has 1 aromatic heterocycles. The van der Waals surface area contributed by atoms with E-state index in [1.54, 1.807) is 19.2 Å². The van der Waals surface area contributed by atoms with Crippen LogP contribution in [0, 0.1) is 0 Å². The smallest absolute Gasteiger partial charge is 0.373 e. The molecule has 0 fully saturated rings. The highest BCUT2D eigenvalue weighted by Gasteiger charge is 2.11. The Balaban J connectivity index is 2.05. The van der Waals surface area contributed by atoms with Gasteiger partial charge in [-0.2, -0.15) is 0 Å². The summed E-state index contributed by atoms with van der Waals surface area (Å²) in [5.41, 5.74) is 0.875. The van der Waals surface area contributed by atoms with Gasteiger partial charge in [0, 0.05) is 10.5 Å². The van der Waals surface area contributed by atoms with Crippen LogP contribution in [0.2, 0.25) is 0 Å². The van der Waals surface area contributed by atoms with E-state index in [1.807, 2.05) is 18.2 Å². The standard InChI is InChI=1S/C14H14BrNO4/c1-18-9-3-5-11(15)12(7-9)16-8-10-4-6-13(20-10)14(17)19-2/h3-7,16H,8H2,1-2H3. The topological polar surface area (TPSA) is 60.7 Å².